The van der Waals surface area contributed by atoms with Gasteiger partial charge in [0.2, 0.25) is 0 Å². The first kappa shape index (κ1) is 15.3. The van der Waals surface area contributed by atoms with Gasteiger partial charge in [-0.3, -0.25) is 4.79 Å². The molecule has 0 saturated carbocycles. The van der Waals surface area contributed by atoms with Crippen LogP contribution in [-0.4, -0.2) is 20.1 Å². The van der Waals surface area contributed by atoms with Gasteiger partial charge in [-0.25, -0.2) is 0 Å². The van der Waals surface area contributed by atoms with Crippen LogP contribution in [-0.2, 0) is 15.6 Å². The zero-order valence-electron chi connectivity index (χ0n) is 13.1. The molecule has 1 heterocycles. The van der Waals surface area contributed by atoms with Gasteiger partial charge < -0.3 is 4.74 Å². The van der Waals surface area contributed by atoms with E-state index in [1.165, 1.54) is 5.56 Å². The molecule has 1 aromatic rings. The van der Waals surface area contributed by atoms with E-state index in [0.717, 1.165) is 18.5 Å². The highest BCUT2D eigenvalue weighted by molar-refractivity contribution is 6.77. The zero-order chi connectivity index (χ0) is 14.8. The molecule has 1 aliphatic heterocycles. The summed E-state index contributed by atoms with van der Waals surface area (Å²) >= 11 is 0. The lowest BCUT2D eigenvalue weighted by atomic mass is 9.93. The van der Waals surface area contributed by atoms with E-state index in [-0.39, 0.29) is 18.0 Å². The Balaban J connectivity index is 1.94. The summed E-state index contributed by atoms with van der Waals surface area (Å²) in [6.07, 6.45) is 1.07. The number of benzene rings is 1. The van der Waals surface area contributed by atoms with Crippen LogP contribution in [0, 0.1) is 11.8 Å². The maximum Gasteiger partial charge on any atom is 0.309 e. The second-order valence-corrected chi connectivity index (χ2v) is 12.3. The summed E-state index contributed by atoms with van der Waals surface area (Å²) in [7, 11) is -1.38. The van der Waals surface area contributed by atoms with E-state index in [9.17, 15) is 4.79 Å². The SMILES string of the molecule is CC(C)[C@H]1C[C@H](C[Si](C)(C)Cc2ccccc2)OC1=O. The highest BCUT2D eigenvalue weighted by Crippen LogP contribution is 2.32. The molecule has 110 valence electrons. The molecule has 0 spiro atoms. The molecule has 0 radical (unpaired) electrons. The van der Waals surface area contributed by atoms with Crippen molar-refractivity contribution in [3.8, 4) is 0 Å². The molecule has 1 aromatic carbocycles. The fraction of sp³-hybridized carbons (Fsp3) is 0.588. The van der Waals surface area contributed by atoms with Crippen LogP contribution in [0.15, 0.2) is 30.3 Å². The van der Waals surface area contributed by atoms with E-state index in [0.29, 0.717) is 5.92 Å². The van der Waals surface area contributed by atoms with E-state index < -0.39 is 8.07 Å². The standard InChI is InChI=1S/C17H26O2Si/c1-13(2)16-10-15(19-17(16)18)12-20(3,4)11-14-8-6-5-7-9-14/h5-9,13,15-16H,10-12H2,1-4H3/t15-,16-/m1/s1. The van der Waals surface area contributed by atoms with Crippen molar-refractivity contribution in [2.24, 2.45) is 11.8 Å². The van der Waals surface area contributed by atoms with Crippen molar-refractivity contribution in [2.75, 3.05) is 0 Å². The number of hydrogen-bond donors (Lipinski definition) is 0. The monoisotopic (exact) mass is 290 g/mol. The van der Waals surface area contributed by atoms with Gasteiger partial charge in [-0.05, 0) is 24.4 Å². The summed E-state index contributed by atoms with van der Waals surface area (Å²) in [6.45, 7) is 9.02. The van der Waals surface area contributed by atoms with Crippen molar-refractivity contribution in [1.82, 2.24) is 0 Å². The lowest BCUT2D eigenvalue weighted by molar-refractivity contribution is -0.144. The Morgan fingerprint density at radius 3 is 2.45 bits per heavy atom. The quantitative estimate of drug-likeness (QED) is 0.604. The molecule has 0 unspecified atom stereocenters. The number of carbonyl (C=O) groups excluding carboxylic acids is 1. The molecular weight excluding hydrogens is 264 g/mol. The Kier molecular flexibility index (Phi) is 4.69. The van der Waals surface area contributed by atoms with E-state index >= 15 is 0 Å². The third kappa shape index (κ3) is 3.95. The van der Waals surface area contributed by atoms with E-state index in [2.05, 4.69) is 57.3 Å². The molecule has 20 heavy (non-hydrogen) atoms. The number of ether oxygens (including phenoxy) is 1. The van der Waals surface area contributed by atoms with Crippen molar-refractivity contribution < 1.29 is 9.53 Å². The van der Waals surface area contributed by atoms with Crippen LogP contribution in [0.4, 0.5) is 0 Å². The maximum atomic E-state index is 11.9. The van der Waals surface area contributed by atoms with Gasteiger partial charge in [0.15, 0.2) is 0 Å². The molecule has 3 heteroatoms. The van der Waals surface area contributed by atoms with Crippen LogP contribution < -0.4 is 0 Å². The minimum Gasteiger partial charge on any atom is -0.462 e. The minimum absolute atomic E-state index is 0.0227. The van der Waals surface area contributed by atoms with Crippen LogP contribution in [0.5, 0.6) is 0 Å². The lowest BCUT2D eigenvalue weighted by Gasteiger charge is -2.25. The van der Waals surface area contributed by atoms with E-state index in [1.807, 2.05) is 0 Å². The molecule has 2 nitrogen and oxygen atoms in total. The Labute approximate surface area is 123 Å². The van der Waals surface area contributed by atoms with Gasteiger partial charge in [-0.15, -0.1) is 0 Å². The van der Waals surface area contributed by atoms with Gasteiger partial charge in [0.1, 0.15) is 6.10 Å². The van der Waals surface area contributed by atoms with Crippen LogP contribution in [0.25, 0.3) is 0 Å². The molecule has 1 saturated heterocycles. The molecule has 0 aromatic heterocycles. The third-order valence-electron chi connectivity index (χ3n) is 4.21. The first-order valence-corrected chi connectivity index (χ1v) is 11.0. The summed E-state index contributed by atoms with van der Waals surface area (Å²) < 4.78 is 5.60. The number of hydrogen-bond acceptors (Lipinski definition) is 2. The van der Waals surface area contributed by atoms with Crippen LogP contribution in [0.2, 0.25) is 19.1 Å². The summed E-state index contributed by atoms with van der Waals surface area (Å²) in [6, 6.07) is 12.9. The molecule has 0 bridgehead atoms. The van der Waals surface area contributed by atoms with E-state index in [4.69, 9.17) is 4.74 Å². The molecule has 0 N–H and O–H groups in total. The van der Waals surface area contributed by atoms with Crippen molar-refractivity contribution in [1.29, 1.82) is 0 Å². The summed E-state index contributed by atoms with van der Waals surface area (Å²) in [4.78, 5) is 11.9. The van der Waals surface area contributed by atoms with Crippen molar-refractivity contribution in [2.45, 2.75) is 51.6 Å². The predicted molar refractivity (Wildman–Crippen MR) is 85.3 cm³/mol. The second-order valence-electron chi connectivity index (χ2n) is 7.18. The normalized spacial score (nSPS) is 23.1. The van der Waals surface area contributed by atoms with Crippen molar-refractivity contribution in [3.63, 3.8) is 0 Å². The number of cyclic esters (lactones) is 1. The highest BCUT2D eigenvalue weighted by Gasteiger charge is 2.39. The Morgan fingerprint density at radius 2 is 1.90 bits per heavy atom. The highest BCUT2D eigenvalue weighted by atomic mass is 28.3. The molecule has 2 atom stereocenters. The van der Waals surface area contributed by atoms with Crippen LogP contribution in [0.3, 0.4) is 0 Å². The van der Waals surface area contributed by atoms with Crippen LogP contribution in [0.1, 0.15) is 25.8 Å². The smallest absolute Gasteiger partial charge is 0.309 e. The zero-order valence-corrected chi connectivity index (χ0v) is 14.1. The number of rotatable bonds is 5. The number of esters is 1. The van der Waals surface area contributed by atoms with E-state index in [1.54, 1.807) is 0 Å². The summed E-state index contributed by atoms with van der Waals surface area (Å²) in [5, 5.41) is 0. The minimum atomic E-state index is -1.38. The Hall–Kier alpha value is -1.09. The molecule has 0 aliphatic carbocycles. The van der Waals surface area contributed by atoms with Crippen molar-refractivity contribution in [3.05, 3.63) is 35.9 Å². The number of carbonyl (C=O) groups is 1. The van der Waals surface area contributed by atoms with Gasteiger partial charge in [0.25, 0.3) is 0 Å². The first-order valence-electron chi connectivity index (χ1n) is 7.62. The third-order valence-corrected chi connectivity index (χ3v) is 7.14. The molecule has 1 aliphatic rings. The molecule has 2 rings (SSSR count). The fourth-order valence-electron chi connectivity index (χ4n) is 3.19. The second kappa shape index (κ2) is 6.13. The largest absolute Gasteiger partial charge is 0.462 e. The lowest BCUT2D eigenvalue weighted by Crippen LogP contribution is -2.34. The first-order chi connectivity index (χ1) is 9.37. The van der Waals surface area contributed by atoms with Gasteiger partial charge in [-0.1, -0.05) is 62.8 Å². The van der Waals surface area contributed by atoms with Gasteiger partial charge in [0, 0.05) is 0 Å². The van der Waals surface area contributed by atoms with Crippen molar-refractivity contribution >= 4 is 14.0 Å². The average molecular weight is 290 g/mol. The molecular formula is C17H26O2Si. The predicted octanol–water partition coefficient (Wildman–Crippen LogP) is 4.06. The molecule has 1 fully saturated rings. The maximum absolute atomic E-state index is 11.9. The van der Waals surface area contributed by atoms with Gasteiger partial charge in [-0.2, -0.15) is 0 Å². The van der Waals surface area contributed by atoms with Gasteiger partial charge >= 0.3 is 5.97 Å². The average Bonchev–Trinajstić information content (AvgIpc) is 2.70. The summed E-state index contributed by atoms with van der Waals surface area (Å²) in [5.74, 6) is 0.530. The van der Waals surface area contributed by atoms with Gasteiger partial charge in [0.05, 0.1) is 14.0 Å². The molecule has 0 amide bonds. The topological polar surface area (TPSA) is 26.3 Å². The Bertz CT molecular complexity index is 453. The van der Waals surface area contributed by atoms with Crippen LogP contribution >= 0.6 is 0 Å². The fourth-order valence-corrected chi connectivity index (χ4v) is 6.15. The summed E-state index contributed by atoms with van der Waals surface area (Å²) in [5.41, 5.74) is 1.41. The Morgan fingerprint density at radius 1 is 1.25 bits per heavy atom.